The van der Waals surface area contributed by atoms with Crippen LogP contribution in [-0.4, -0.2) is 30.7 Å². The minimum absolute atomic E-state index is 0.0843. The summed E-state index contributed by atoms with van der Waals surface area (Å²) in [7, 11) is 3.11. The van der Waals surface area contributed by atoms with E-state index >= 15 is 0 Å². The Morgan fingerprint density at radius 2 is 1.70 bits per heavy atom. The zero-order valence-corrected chi connectivity index (χ0v) is 19.8. The van der Waals surface area contributed by atoms with Crippen molar-refractivity contribution in [1.82, 2.24) is 0 Å². The number of ketones is 1. The largest absolute Gasteiger partial charge is 0.493 e. The first-order chi connectivity index (χ1) is 15.9. The van der Waals surface area contributed by atoms with Gasteiger partial charge in [-0.15, -0.1) is 0 Å². The van der Waals surface area contributed by atoms with Crippen LogP contribution in [0.4, 0.5) is 0 Å². The molecule has 0 spiro atoms. The summed E-state index contributed by atoms with van der Waals surface area (Å²) in [5, 5.41) is 11.4. The van der Waals surface area contributed by atoms with Crippen LogP contribution in [0.2, 0.25) is 0 Å². The molecular formula is C29H34O4. The van der Waals surface area contributed by atoms with Crippen molar-refractivity contribution in [2.45, 2.75) is 50.0 Å². The van der Waals surface area contributed by atoms with Crippen LogP contribution in [0, 0.1) is 0 Å². The van der Waals surface area contributed by atoms with Crippen LogP contribution < -0.4 is 9.47 Å². The lowest BCUT2D eigenvalue weighted by molar-refractivity contribution is -0.0132. The van der Waals surface area contributed by atoms with Gasteiger partial charge >= 0.3 is 0 Å². The van der Waals surface area contributed by atoms with Crippen LogP contribution in [0.1, 0.15) is 54.9 Å². The molecule has 4 nitrogen and oxygen atoms in total. The quantitative estimate of drug-likeness (QED) is 0.368. The molecule has 1 saturated carbocycles. The predicted octanol–water partition coefficient (Wildman–Crippen LogP) is 6.21. The Balaban J connectivity index is 1.83. The van der Waals surface area contributed by atoms with Gasteiger partial charge in [0.05, 0.1) is 19.8 Å². The number of hydrogen-bond acceptors (Lipinski definition) is 4. The molecule has 4 heteroatoms. The summed E-state index contributed by atoms with van der Waals surface area (Å²) < 4.78 is 10.6. The Kier molecular flexibility index (Phi) is 7.93. The van der Waals surface area contributed by atoms with Crippen LogP contribution in [0.5, 0.6) is 11.5 Å². The number of aliphatic hydroxyl groups is 1. The molecule has 0 aliphatic heterocycles. The molecule has 0 bridgehead atoms. The average Bonchev–Trinajstić information content (AvgIpc) is 2.85. The fraction of sp³-hybridized carbons (Fsp3) is 0.345. The highest BCUT2D eigenvalue weighted by atomic mass is 16.5. The molecule has 1 aliphatic rings. The first-order valence-electron chi connectivity index (χ1n) is 11.4. The Labute approximate surface area is 197 Å². The summed E-state index contributed by atoms with van der Waals surface area (Å²) in [5.41, 5.74) is 1.73. The molecule has 174 valence electrons. The van der Waals surface area contributed by atoms with Crippen molar-refractivity contribution in [2.24, 2.45) is 0 Å². The average molecular weight is 447 g/mol. The Morgan fingerprint density at radius 1 is 1.03 bits per heavy atom. The molecule has 2 aromatic rings. The smallest absolute Gasteiger partial charge is 0.165 e. The number of hydrogen-bond donors (Lipinski definition) is 1. The SMILES string of the molecule is C=C/C=C\C(=C/C)C1(c2ccccc2)CCC(O)(CC(=O)c2ccc(OC)c(OC)c2)CC1. The first kappa shape index (κ1) is 24.5. The van der Waals surface area contributed by atoms with Crippen molar-refractivity contribution in [3.8, 4) is 11.5 Å². The van der Waals surface area contributed by atoms with Crippen LogP contribution >= 0.6 is 0 Å². The lowest BCUT2D eigenvalue weighted by Crippen LogP contribution is -2.43. The summed E-state index contributed by atoms with van der Waals surface area (Å²) in [5.74, 6) is 0.988. The fourth-order valence-corrected chi connectivity index (χ4v) is 4.93. The minimum Gasteiger partial charge on any atom is -0.493 e. The predicted molar refractivity (Wildman–Crippen MR) is 133 cm³/mol. The molecule has 0 aromatic heterocycles. The van der Waals surface area contributed by atoms with E-state index in [1.165, 1.54) is 11.1 Å². The molecule has 0 saturated heterocycles. The second kappa shape index (κ2) is 10.7. The fourth-order valence-electron chi connectivity index (χ4n) is 4.93. The van der Waals surface area contributed by atoms with Gasteiger partial charge in [-0.25, -0.2) is 0 Å². The van der Waals surface area contributed by atoms with Gasteiger partial charge in [-0.1, -0.05) is 61.2 Å². The molecule has 0 radical (unpaired) electrons. The maximum Gasteiger partial charge on any atom is 0.165 e. The van der Waals surface area contributed by atoms with E-state index in [-0.39, 0.29) is 17.6 Å². The molecule has 2 aromatic carbocycles. The molecule has 0 heterocycles. The number of rotatable bonds is 9. The Hall–Kier alpha value is -3.11. The molecular weight excluding hydrogens is 412 g/mol. The zero-order chi connectivity index (χ0) is 23.9. The number of benzene rings is 2. The van der Waals surface area contributed by atoms with E-state index in [1.807, 2.05) is 12.1 Å². The highest BCUT2D eigenvalue weighted by Crippen LogP contribution is 2.49. The van der Waals surface area contributed by atoms with Gasteiger partial charge in [0.15, 0.2) is 17.3 Å². The summed E-state index contributed by atoms with van der Waals surface area (Å²) in [6, 6.07) is 15.6. The van der Waals surface area contributed by atoms with Crippen molar-refractivity contribution in [3.63, 3.8) is 0 Å². The third kappa shape index (κ3) is 5.28. The Bertz CT molecular complexity index is 1020. The van der Waals surface area contributed by atoms with Crippen LogP contribution in [0.3, 0.4) is 0 Å². The zero-order valence-electron chi connectivity index (χ0n) is 19.8. The number of carbonyl (C=O) groups is 1. The van der Waals surface area contributed by atoms with E-state index in [0.29, 0.717) is 29.9 Å². The minimum atomic E-state index is -1.04. The van der Waals surface area contributed by atoms with Gasteiger partial charge in [-0.2, -0.15) is 0 Å². The van der Waals surface area contributed by atoms with Crippen LogP contribution in [-0.2, 0) is 5.41 Å². The summed E-state index contributed by atoms with van der Waals surface area (Å²) >= 11 is 0. The van der Waals surface area contributed by atoms with Crippen molar-refractivity contribution in [3.05, 3.63) is 96.1 Å². The van der Waals surface area contributed by atoms with E-state index in [2.05, 4.69) is 49.9 Å². The molecule has 1 fully saturated rings. The monoisotopic (exact) mass is 446 g/mol. The Morgan fingerprint density at radius 3 is 2.27 bits per heavy atom. The maximum absolute atomic E-state index is 13.1. The van der Waals surface area contributed by atoms with Gasteiger partial charge in [-0.3, -0.25) is 4.79 Å². The molecule has 3 rings (SSSR count). The normalized spacial score (nSPS) is 23.3. The van der Waals surface area contributed by atoms with Crippen LogP contribution in [0.15, 0.2) is 85.0 Å². The van der Waals surface area contributed by atoms with Gasteiger partial charge in [0.2, 0.25) is 0 Å². The topological polar surface area (TPSA) is 55.8 Å². The van der Waals surface area contributed by atoms with E-state index in [9.17, 15) is 9.90 Å². The van der Waals surface area contributed by atoms with E-state index in [1.54, 1.807) is 38.5 Å². The molecule has 1 aliphatic carbocycles. The van der Waals surface area contributed by atoms with Crippen molar-refractivity contribution < 1.29 is 19.4 Å². The lowest BCUT2D eigenvalue weighted by atomic mass is 9.60. The third-order valence-electron chi connectivity index (χ3n) is 6.83. The molecule has 0 atom stereocenters. The number of allylic oxidation sites excluding steroid dienone is 5. The molecule has 0 unspecified atom stereocenters. The van der Waals surface area contributed by atoms with Gasteiger partial charge in [0.25, 0.3) is 0 Å². The van der Waals surface area contributed by atoms with Crippen molar-refractivity contribution in [2.75, 3.05) is 14.2 Å². The van der Waals surface area contributed by atoms with Crippen LogP contribution in [0.25, 0.3) is 0 Å². The van der Waals surface area contributed by atoms with Crippen molar-refractivity contribution >= 4 is 5.78 Å². The van der Waals surface area contributed by atoms with E-state index < -0.39 is 5.60 Å². The first-order valence-corrected chi connectivity index (χ1v) is 11.4. The number of carbonyl (C=O) groups excluding carboxylic acids is 1. The van der Waals surface area contributed by atoms with Gasteiger partial charge in [0, 0.05) is 17.4 Å². The lowest BCUT2D eigenvalue weighted by Gasteiger charge is -2.45. The highest BCUT2D eigenvalue weighted by Gasteiger charge is 2.45. The molecule has 0 amide bonds. The second-order valence-electron chi connectivity index (χ2n) is 8.68. The number of ether oxygens (including phenoxy) is 2. The number of Topliss-reactive ketones (excluding diaryl/α,β-unsaturated/α-hetero) is 1. The summed E-state index contributed by atoms with van der Waals surface area (Å²) in [4.78, 5) is 13.1. The maximum atomic E-state index is 13.1. The summed E-state index contributed by atoms with van der Waals surface area (Å²) in [6.07, 6.45) is 10.7. The van der Waals surface area contributed by atoms with Gasteiger partial charge in [0.1, 0.15) is 0 Å². The third-order valence-corrected chi connectivity index (χ3v) is 6.83. The van der Waals surface area contributed by atoms with Gasteiger partial charge < -0.3 is 14.6 Å². The highest BCUT2D eigenvalue weighted by molar-refractivity contribution is 5.97. The van der Waals surface area contributed by atoms with Crippen molar-refractivity contribution in [1.29, 1.82) is 0 Å². The van der Waals surface area contributed by atoms with E-state index in [0.717, 1.165) is 12.8 Å². The van der Waals surface area contributed by atoms with E-state index in [4.69, 9.17) is 9.47 Å². The number of methoxy groups -OCH3 is 2. The van der Waals surface area contributed by atoms with Gasteiger partial charge in [-0.05, 0) is 61.9 Å². The summed E-state index contributed by atoms with van der Waals surface area (Å²) in [6.45, 7) is 5.86. The molecule has 1 N–H and O–H groups in total. The molecule has 33 heavy (non-hydrogen) atoms. The second-order valence-corrected chi connectivity index (χ2v) is 8.68. The standard InChI is InChI=1S/C29H34O4/c1-5-7-11-23(6-2)29(24-12-9-8-10-13-24)18-16-28(31,17-19-29)21-25(30)22-14-15-26(32-3)27(20-22)33-4/h5-15,20,31H,1,16-19,21H2,2-4H3/b11-7-,23-6+.